The number of hydrogen-bond acceptors (Lipinski definition) is 4. The van der Waals surface area contributed by atoms with Gasteiger partial charge in [-0.15, -0.1) is 0 Å². The summed E-state index contributed by atoms with van der Waals surface area (Å²) in [6.07, 6.45) is 4.01. The van der Waals surface area contributed by atoms with E-state index >= 15 is 0 Å². The Morgan fingerprint density at radius 1 is 1.08 bits per heavy atom. The number of carbonyl (C=O) groups excluding carboxylic acids is 2. The summed E-state index contributed by atoms with van der Waals surface area (Å²) in [6, 6.07) is 7.08. The molecule has 1 aromatic carbocycles. The van der Waals surface area contributed by atoms with Crippen LogP contribution in [0.3, 0.4) is 0 Å². The van der Waals surface area contributed by atoms with Crippen molar-refractivity contribution in [1.29, 1.82) is 0 Å². The highest BCUT2D eigenvalue weighted by atomic mass is 16.5. The van der Waals surface area contributed by atoms with E-state index in [1.54, 1.807) is 24.3 Å². The molecule has 2 aliphatic rings. The first-order valence-corrected chi connectivity index (χ1v) is 9.21. The van der Waals surface area contributed by atoms with Crippen LogP contribution in [0.5, 0.6) is 0 Å². The third-order valence-corrected chi connectivity index (χ3v) is 4.65. The van der Waals surface area contributed by atoms with Gasteiger partial charge < -0.3 is 15.4 Å². The van der Waals surface area contributed by atoms with Gasteiger partial charge in [0.05, 0.1) is 13.2 Å². The van der Waals surface area contributed by atoms with E-state index in [1.807, 2.05) is 0 Å². The fraction of sp³-hybridized carbons (Fsp3) is 0.579. The zero-order valence-corrected chi connectivity index (χ0v) is 14.6. The Kier molecular flexibility index (Phi) is 6.42. The average molecular weight is 345 g/mol. The Bertz CT molecular complexity index is 578. The molecule has 6 nitrogen and oxygen atoms in total. The lowest BCUT2D eigenvalue weighted by molar-refractivity contribution is -0.117. The van der Waals surface area contributed by atoms with Crippen LogP contribution in [0, 0.1) is 5.92 Å². The summed E-state index contributed by atoms with van der Waals surface area (Å²) in [5, 5.41) is 5.83. The summed E-state index contributed by atoms with van der Waals surface area (Å²) in [7, 11) is 0. The van der Waals surface area contributed by atoms with Crippen LogP contribution in [0.15, 0.2) is 24.3 Å². The number of nitrogens with one attached hydrogen (secondary N) is 2. The summed E-state index contributed by atoms with van der Waals surface area (Å²) >= 11 is 0. The molecule has 0 radical (unpaired) electrons. The van der Waals surface area contributed by atoms with Gasteiger partial charge in [0.1, 0.15) is 0 Å². The number of benzene rings is 1. The van der Waals surface area contributed by atoms with Gasteiger partial charge in [0, 0.05) is 36.8 Å². The fourth-order valence-electron chi connectivity index (χ4n) is 2.88. The van der Waals surface area contributed by atoms with Gasteiger partial charge in [-0.3, -0.25) is 14.5 Å². The van der Waals surface area contributed by atoms with Gasteiger partial charge in [-0.1, -0.05) is 0 Å². The first-order chi connectivity index (χ1) is 12.2. The molecule has 0 spiro atoms. The molecule has 0 bridgehead atoms. The zero-order valence-electron chi connectivity index (χ0n) is 14.6. The average Bonchev–Trinajstić information content (AvgIpc) is 3.48. The van der Waals surface area contributed by atoms with Gasteiger partial charge in [-0.25, -0.2) is 0 Å². The van der Waals surface area contributed by atoms with E-state index in [-0.39, 0.29) is 17.7 Å². The van der Waals surface area contributed by atoms with Gasteiger partial charge in [0.2, 0.25) is 5.91 Å². The molecule has 2 N–H and O–H groups in total. The number of rotatable bonds is 8. The molecule has 1 aliphatic heterocycles. The molecular formula is C19H27N3O3. The van der Waals surface area contributed by atoms with E-state index in [0.29, 0.717) is 12.1 Å². The minimum Gasteiger partial charge on any atom is -0.379 e. The molecule has 1 heterocycles. The van der Waals surface area contributed by atoms with Crippen molar-refractivity contribution in [1.82, 2.24) is 10.2 Å². The van der Waals surface area contributed by atoms with Crippen LogP contribution >= 0.6 is 0 Å². The largest absolute Gasteiger partial charge is 0.379 e. The predicted molar refractivity (Wildman–Crippen MR) is 96.6 cm³/mol. The maximum Gasteiger partial charge on any atom is 0.251 e. The Morgan fingerprint density at radius 3 is 2.48 bits per heavy atom. The van der Waals surface area contributed by atoms with Crippen molar-refractivity contribution < 1.29 is 14.3 Å². The van der Waals surface area contributed by atoms with E-state index in [0.717, 1.165) is 64.2 Å². The molecule has 6 heteroatoms. The number of unbranched alkanes of at least 4 members (excludes halogenated alkanes) is 1. The lowest BCUT2D eigenvalue weighted by atomic mass is 10.2. The van der Waals surface area contributed by atoms with Crippen LogP contribution < -0.4 is 10.6 Å². The Balaban J connectivity index is 1.32. The molecule has 1 saturated heterocycles. The summed E-state index contributed by atoms with van der Waals surface area (Å²) in [6.45, 7) is 5.42. The number of ether oxygens (including phenoxy) is 1. The maximum atomic E-state index is 12.1. The van der Waals surface area contributed by atoms with E-state index < -0.39 is 0 Å². The highest BCUT2D eigenvalue weighted by molar-refractivity contribution is 5.96. The summed E-state index contributed by atoms with van der Waals surface area (Å²) < 4.78 is 5.33. The van der Waals surface area contributed by atoms with Crippen LogP contribution in [-0.2, 0) is 9.53 Å². The number of anilines is 1. The van der Waals surface area contributed by atoms with Gasteiger partial charge in [0.15, 0.2) is 0 Å². The molecular weight excluding hydrogens is 318 g/mol. The monoisotopic (exact) mass is 345 g/mol. The van der Waals surface area contributed by atoms with Crippen molar-refractivity contribution in [2.45, 2.75) is 25.7 Å². The fourth-order valence-corrected chi connectivity index (χ4v) is 2.88. The normalized spacial score (nSPS) is 17.9. The first kappa shape index (κ1) is 17.9. The smallest absolute Gasteiger partial charge is 0.251 e. The molecule has 1 aromatic rings. The lowest BCUT2D eigenvalue weighted by Crippen LogP contribution is -2.37. The minimum absolute atomic E-state index is 0.0635. The number of carbonyl (C=O) groups is 2. The molecule has 1 saturated carbocycles. The Hall–Kier alpha value is -1.92. The maximum absolute atomic E-state index is 12.1. The standard InChI is InChI=1S/C19H27N3O3/c23-18(20-9-1-2-10-22-11-13-25-14-12-22)15-5-7-17(8-6-15)21-19(24)16-3-4-16/h5-8,16H,1-4,9-14H2,(H,20,23)(H,21,24). The van der Waals surface area contributed by atoms with Gasteiger partial charge in [0.25, 0.3) is 5.91 Å². The number of nitrogens with zero attached hydrogens (tertiary/aromatic N) is 1. The topological polar surface area (TPSA) is 70.7 Å². The van der Waals surface area contributed by atoms with Crippen LogP contribution in [0.1, 0.15) is 36.0 Å². The first-order valence-electron chi connectivity index (χ1n) is 9.21. The second-order valence-electron chi connectivity index (χ2n) is 6.76. The Morgan fingerprint density at radius 2 is 1.80 bits per heavy atom. The third-order valence-electron chi connectivity index (χ3n) is 4.65. The minimum atomic E-state index is -0.0635. The van der Waals surface area contributed by atoms with Crippen LogP contribution in [0.2, 0.25) is 0 Å². The molecule has 136 valence electrons. The number of amides is 2. The molecule has 0 atom stereocenters. The van der Waals surface area contributed by atoms with Crippen LogP contribution in [-0.4, -0.2) is 56.1 Å². The molecule has 2 fully saturated rings. The molecule has 0 unspecified atom stereocenters. The van der Waals surface area contributed by atoms with Crippen molar-refractivity contribution in [2.75, 3.05) is 44.7 Å². The van der Waals surface area contributed by atoms with Gasteiger partial charge in [-0.05, 0) is 56.5 Å². The highest BCUT2D eigenvalue weighted by Crippen LogP contribution is 2.30. The van der Waals surface area contributed by atoms with Crippen molar-refractivity contribution >= 4 is 17.5 Å². The molecule has 2 amide bonds. The van der Waals surface area contributed by atoms with Crippen LogP contribution in [0.25, 0.3) is 0 Å². The summed E-state index contributed by atoms with van der Waals surface area (Å²) in [4.78, 5) is 26.2. The Labute approximate surface area is 148 Å². The van der Waals surface area contributed by atoms with Crippen molar-refractivity contribution in [3.05, 3.63) is 29.8 Å². The molecule has 3 rings (SSSR count). The van der Waals surface area contributed by atoms with Gasteiger partial charge >= 0.3 is 0 Å². The summed E-state index contributed by atoms with van der Waals surface area (Å²) in [5.74, 6) is 0.198. The van der Waals surface area contributed by atoms with E-state index in [4.69, 9.17) is 4.74 Å². The van der Waals surface area contributed by atoms with Crippen molar-refractivity contribution in [2.24, 2.45) is 5.92 Å². The van der Waals surface area contributed by atoms with Crippen molar-refractivity contribution in [3.63, 3.8) is 0 Å². The predicted octanol–water partition coefficient (Wildman–Crippen LogP) is 1.88. The van der Waals surface area contributed by atoms with E-state index in [1.165, 1.54) is 0 Å². The number of hydrogen-bond donors (Lipinski definition) is 2. The van der Waals surface area contributed by atoms with Crippen molar-refractivity contribution in [3.8, 4) is 0 Å². The second kappa shape index (κ2) is 8.97. The number of morpholine rings is 1. The molecule has 1 aliphatic carbocycles. The highest BCUT2D eigenvalue weighted by Gasteiger charge is 2.29. The van der Waals surface area contributed by atoms with E-state index in [2.05, 4.69) is 15.5 Å². The quantitative estimate of drug-likeness (QED) is 0.706. The van der Waals surface area contributed by atoms with Gasteiger partial charge in [-0.2, -0.15) is 0 Å². The van der Waals surface area contributed by atoms with Crippen LogP contribution in [0.4, 0.5) is 5.69 Å². The SMILES string of the molecule is O=C(NCCCCN1CCOCC1)c1ccc(NC(=O)C2CC2)cc1. The lowest BCUT2D eigenvalue weighted by Gasteiger charge is -2.26. The zero-order chi connectivity index (χ0) is 17.5. The molecule has 25 heavy (non-hydrogen) atoms. The molecule has 0 aromatic heterocycles. The third kappa shape index (κ3) is 5.83. The van der Waals surface area contributed by atoms with E-state index in [9.17, 15) is 9.59 Å². The second-order valence-corrected chi connectivity index (χ2v) is 6.76. The summed E-state index contributed by atoms with van der Waals surface area (Å²) in [5.41, 5.74) is 1.37.